The van der Waals surface area contributed by atoms with Crippen LogP contribution in [0.4, 0.5) is 0 Å². The summed E-state index contributed by atoms with van der Waals surface area (Å²) in [4.78, 5) is 14.8. The highest BCUT2D eigenvalue weighted by Crippen LogP contribution is 2.29. The van der Waals surface area contributed by atoms with Crippen LogP contribution in [0, 0.1) is 0 Å². The van der Waals surface area contributed by atoms with Crippen LogP contribution in [-0.2, 0) is 25.7 Å². The van der Waals surface area contributed by atoms with Gasteiger partial charge in [0, 0.05) is 12.4 Å². The smallest absolute Gasteiger partial charge is 0.119 e. The third-order valence-electron chi connectivity index (χ3n) is 10.4. The van der Waals surface area contributed by atoms with E-state index >= 15 is 0 Å². The van der Waals surface area contributed by atoms with E-state index in [0.29, 0.717) is 13.2 Å². The van der Waals surface area contributed by atoms with Crippen molar-refractivity contribution in [1.82, 2.24) is 15.0 Å². The average Bonchev–Trinajstić information content (AvgIpc) is 3.23. The number of benzene rings is 3. The number of hydrogen-bond acceptors (Lipinski definition) is 5. The summed E-state index contributed by atoms with van der Waals surface area (Å²) < 4.78 is 12.2. The zero-order valence-electron chi connectivity index (χ0n) is 31.6. The van der Waals surface area contributed by atoms with Crippen molar-refractivity contribution >= 4 is 0 Å². The molecule has 0 saturated heterocycles. The Labute approximate surface area is 321 Å². The lowest BCUT2D eigenvalue weighted by atomic mass is 10.0. The van der Waals surface area contributed by atoms with Crippen molar-refractivity contribution in [3.8, 4) is 45.4 Å². The van der Waals surface area contributed by atoms with E-state index in [0.717, 1.165) is 83.9 Å². The van der Waals surface area contributed by atoms with Gasteiger partial charge in [0.2, 0.25) is 0 Å². The van der Waals surface area contributed by atoms with Crippen molar-refractivity contribution in [1.29, 1.82) is 0 Å². The molecule has 3 aromatic heterocycles. The van der Waals surface area contributed by atoms with E-state index in [1.165, 1.54) is 73.6 Å². The topological polar surface area (TPSA) is 57.1 Å². The molecule has 5 heteroatoms. The molecule has 6 aromatic rings. The number of nitrogens with zero attached hydrogens (tertiary/aromatic N) is 3. The molecule has 0 amide bonds. The lowest BCUT2D eigenvalue weighted by Crippen LogP contribution is -2.01. The Kier molecular flexibility index (Phi) is 13.5. The first-order valence-electron chi connectivity index (χ1n) is 20.2. The molecule has 0 radical (unpaired) electrons. The largest absolute Gasteiger partial charge is 0.494 e. The van der Waals surface area contributed by atoms with Crippen molar-refractivity contribution in [3.63, 3.8) is 0 Å². The Morgan fingerprint density at radius 1 is 0.352 bits per heavy atom. The monoisotopic (exact) mass is 715 g/mol. The molecular formula is C49H53N3O2. The first-order valence-corrected chi connectivity index (χ1v) is 20.2. The molecule has 10 bridgehead atoms. The third kappa shape index (κ3) is 11.1. The Morgan fingerprint density at radius 2 is 0.778 bits per heavy atom. The molecule has 0 aliphatic carbocycles. The Hall–Kier alpha value is -5.29. The maximum Gasteiger partial charge on any atom is 0.119 e. The van der Waals surface area contributed by atoms with E-state index in [2.05, 4.69) is 109 Å². The molecule has 5 nitrogen and oxygen atoms in total. The van der Waals surface area contributed by atoms with Crippen molar-refractivity contribution in [2.45, 2.75) is 89.9 Å². The van der Waals surface area contributed by atoms with E-state index in [4.69, 9.17) is 24.4 Å². The van der Waals surface area contributed by atoms with Crippen LogP contribution >= 0.6 is 0 Å². The minimum atomic E-state index is 0.678. The minimum Gasteiger partial charge on any atom is -0.494 e. The highest BCUT2D eigenvalue weighted by Gasteiger charge is 2.12. The summed E-state index contributed by atoms with van der Waals surface area (Å²) in [5, 5.41) is 0. The summed E-state index contributed by atoms with van der Waals surface area (Å²) >= 11 is 0. The third-order valence-corrected chi connectivity index (χ3v) is 10.4. The summed E-state index contributed by atoms with van der Waals surface area (Å²) in [6.45, 7) is 1.36. The van der Waals surface area contributed by atoms with E-state index in [-0.39, 0.29) is 0 Å². The molecule has 0 saturated carbocycles. The summed E-state index contributed by atoms with van der Waals surface area (Å²) in [6.07, 6.45) is 20.4. The first-order chi connectivity index (χ1) is 26.7. The SMILES string of the molecule is c1ccc(-c2cc3nc(c2)-c2ccc(cn2)CCCOc2ccc(cc2)CCCCCCCCCCc2ccc(cc2)OCCCc2ccc-3nc2)cc1. The van der Waals surface area contributed by atoms with Crippen LogP contribution in [-0.4, -0.2) is 28.2 Å². The van der Waals surface area contributed by atoms with Crippen molar-refractivity contribution in [2.24, 2.45) is 0 Å². The number of fused-ring (bicyclic) bond motifs is 4. The summed E-state index contributed by atoms with van der Waals surface area (Å²) in [7, 11) is 0. The second-order valence-corrected chi connectivity index (χ2v) is 14.6. The van der Waals surface area contributed by atoms with Gasteiger partial charge >= 0.3 is 0 Å². The fourth-order valence-electron chi connectivity index (χ4n) is 7.19. The van der Waals surface area contributed by atoms with Gasteiger partial charge in [0.25, 0.3) is 0 Å². The molecule has 5 aliphatic heterocycles. The van der Waals surface area contributed by atoms with Gasteiger partial charge < -0.3 is 9.47 Å². The maximum absolute atomic E-state index is 6.10. The van der Waals surface area contributed by atoms with Crippen LogP contribution in [0.15, 0.2) is 128 Å². The van der Waals surface area contributed by atoms with Gasteiger partial charge in [-0.05, 0) is 133 Å². The number of hydrogen-bond donors (Lipinski definition) is 0. The van der Waals surface area contributed by atoms with Gasteiger partial charge in [-0.2, -0.15) is 0 Å². The quantitative estimate of drug-likeness (QED) is 0.170. The zero-order valence-corrected chi connectivity index (χ0v) is 31.6. The van der Waals surface area contributed by atoms with Crippen LogP contribution < -0.4 is 9.47 Å². The molecule has 0 fully saturated rings. The van der Waals surface area contributed by atoms with Crippen molar-refractivity contribution in [3.05, 3.63) is 150 Å². The lowest BCUT2D eigenvalue weighted by molar-refractivity contribution is 0.311. The molecule has 3 aromatic carbocycles. The van der Waals surface area contributed by atoms with Crippen LogP contribution in [0.2, 0.25) is 0 Å². The van der Waals surface area contributed by atoms with Gasteiger partial charge in [-0.3, -0.25) is 9.97 Å². The highest BCUT2D eigenvalue weighted by molar-refractivity contribution is 5.74. The van der Waals surface area contributed by atoms with Gasteiger partial charge in [0.1, 0.15) is 11.5 Å². The molecule has 0 unspecified atom stereocenters. The van der Waals surface area contributed by atoms with Gasteiger partial charge in [-0.15, -0.1) is 0 Å². The summed E-state index contributed by atoms with van der Waals surface area (Å²) in [5.74, 6) is 1.89. The Bertz CT molecular complexity index is 1870. The van der Waals surface area contributed by atoms with Gasteiger partial charge in [0.15, 0.2) is 0 Å². The van der Waals surface area contributed by atoms with E-state index in [1.807, 2.05) is 18.5 Å². The zero-order chi connectivity index (χ0) is 36.6. The molecule has 5 aliphatic rings. The summed E-state index contributed by atoms with van der Waals surface area (Å²) in [6, 6.07) is 40.6. The van der Waals surface area contributed by atoms with Gasteiger partial charge in [-0.25, -0.2) is 4.98 Å². The van der Waals surface area contributed by atoms with Crippen LogP contribution in [0.5, 0.6) is 11.5 Å². The van der Waals surface area contributed by atoms with Crippen molar-refractivity contribution < 1.29 is 9.47 Å². The molecule has 0 atom stereocenters. The predicted octanol–water partition coefficient (Wildman–Crippen LogP) is 12.1. The minimum absolute atomic E-state index is 0.678. The lowest BCUT2D eigenvalue weighted by Gasteiger charge is -2.11. The molecule has 276 valence electrons. The second kappa shape index (κ2) is 19.7. The molecule has 54 heavy (non-hydrogen) atoms. The molecule has 11 rings (SSSR count). The Morgan fingerprint density at radius 3 is 1.22 bits per heavy atom. The van der Waals surface area contributed by atoms with E-state index in [9.17, 15) is 0 Å². The van der Waals surface area contributed by atoms with E-state index in [1.54, 1.807) is 0 Å². The molecule has 0 spiro atoms. The highest BCUT2D eigenvalue weighted by atomic mass is 16.5. The fraction of sp³-hybridized carbons (Fsp3) is 0.327. The summed E-state index contributed by atoms with van der Waals surface area (Å²) in [5.41, 5.74) is 10.8. The standard InChI is InChI=1S/C49H53N3O2/c1-2-4-6-9-15-39-22-28-45(29-23-39)54-33-13-17-41-25-31-47(51-37-41)49-35-43(42-18-10-7-11-19-42)34-48(52-49)46-30-24-40(36-50-46)16-12-32-53-44-26-20-38(21-27-44)14-8-5-3-1/h7,10-11,18-31,34-37H,1-6,8-9,12-17,32-33H2. The van der Waals surface area contributed by atoms with Crippen molar-refractivity contribution in [2.75, 3.05) is 13.2 Å². The van der Waals surface area contributed by atoms with E-state index < -0.39 is 0 Å². The molecule has 0 N–H and O–H groups in total. The fourth-order valence-corrected chi connectivity index (χ4v) is 7.19. The predicted molar refractivity (Wildman–Crippen MR) is 221 cm³/mol. The van der Waals surface area contributed by atoms with Crippen LogP contribution in [0.3, 0.4) is 0 Å². The number of aryl methyl sites for hydroxylation is 4. The number of pyridine rings is 3. The normalized spacial score (nSPS) is 15.3. The second-order valence-electron chi connectivity index (χ2n) is 14.6. The number of aromatic nitrogens is 3. The van der Waals surface area contributed by atoms with Crippen LogP contribution in [0.25, 0.3) is 33.9 Å². The van der Waals surface area contributed by atoms with Crippen LogP contribution in [0.1, 0.15) is 86.5 Å². The number of ether oxygens (including phenoxy) is 2. The van der Waals surface area contributed by atoms with Gasteiger partial charge in [0.05, 0.1) is 36.0 Å². The molecule has 8 heterocycles. The number of rotatable bonds is 1. The maximum atomic E-state index is 6.10. The van der Waals surface area contributed by atoms with Gasteiger partial charge in [-0.1, -0.05) is 105 Å². The average molecular weight is 716 g/mol. The Balaban J connectivity index is 1.03. The first kappa shape index (κ1) is 37.0. The molecular weight excluding hydrogens is 663 g/mol.